The molecule has 1 radical (unpaired) electrons. The summed E-state index contributed by atoms with van der Waals surface area (Å²) >= 11 is 0. The van der Waals surface area contributed by atoms with E-state index in [-0.39, 0.29) is 50.9 Å². The monoisotopic (exact) mass is 492 g/mol. The number of rotatable bonds is 7. The molecular weight excluding hydrogens is 463 g/mol. The van der Waals surface area contributed by atoms with E-state index in [4.69, 9.17) is 9.73 Å². The zero-order valence-electron chi connectivity index (χ0n) is 18.7. The number of unbranched alkanes of at least 4 members (excludes halogenated alkanes) is 1. The SMILES string of the molecule is C[CH-]CCC(C)C(C)N1Cc2c(cccc2C2=Nc3[c-]cccc3NC2OC)C1=O.[Y]. The number of nitrogens with zero attached hydrogens (tertiary/aromatic N) is 2. The summed E-state index contributed by atoms with van der Waals surface area (Å²) in [7, 11) is 1.67. The van der Waals surface area contributed by atoms with E-state index in [9.17, 15) is 4.79 Å². The van der Waals surface area contributed by atoms with E-state index in [2.05, 4.69) is 38.6 Å². The fourth-order valence-electron chi connectivity index (χ4n) is 4.30. The fraction of sp³-hybridized carbons (Fsp3) is 0.400. The summed E-state index contributed by atoms with van der Waals surface area (Å²) in [5.74, 6) is 0.543. The molecule has 0 saturated heterocycles. The predicted octanol–water partition coefficient (Wildman–Crippen LogP) is 4.99. The molecule has 1 amide bonds. The second kappa shape index (κ2) is 10.4. The molecule has 3 unspecified atom stereocenters. The molecule has 161 valence electrons. The standard InChI is InChI=1S/C25H29N3O2.Y/c1-5-6-10-16(2)17(3)28-15-20-18(11-9-12-19(20)25(28)29)23-24(30-4)27-22-14-8-7-13-21(22)26-23;/h5,7-9,11-12,14,16-17,24,27H,6,10,15H2,1-4H3;/q-2;. The minimum atomic E-state index is -0.375. The summed E-state index contributed by atoms with van der Waals surface area (Å²) in [5, 5.41) is 3.39. The van der Waals surface area contributed by atoms with E-state index in [0.29, 0.717) is 12.5 Å². The second-order valence-corrected chi connectivity index (χ2v) is 8.16. The molecular formula is C25H29N3O2Y-2. The van der Waals surface area contributed by atoms with Gasteiger partial charge in [-0.2, -0.15) is 31.5 Å². The van der Waals surface area contributed by atoms with Crippen LogP contribution in [0.25, 0.3) is 0 Å². The Morgan fingerprint density at radius 2 is 2.06 bits per heavy atom. The van der Waals surface area contributed by atoms with Crippen LogP contribution in [0, 0.1) is 18.4 Å². The van der Waals surface area contributed by atoms with Gasteiger partial charge in [0.05, 0.1) is 5.71 Å². The van der Waals surface area contributed by atoms with Crippen molar-refractivity contribution in [2.24, 2.45) is 10.9 Å². The van der Waals surface area contributed by atoms with Gasteiger partial charge in [-0.1, -0.05) is 25.5 Å². The quantitative estimate of drug-likeness (QED) is 0.555. The zero-order chi connectivity index (χ0) is 21.3. The van der Waals surface area contributed by atoms with Crippen LogP contribution in [0.5, 0.6) is 0 Å². The van der Waals surface area contributed by atoms with Crippen molar-refractivity contribution >= 4 is 23.0 Å². The normalized spacial score (nSPS) is 19.0. The Morgan fingerprint density at radius 1 is 1.29 bits per heavy atom. The molecule has 0 fully saturated rings. The maximum atomic E-state index is 13.2. The number of benzene rings is 2. The van der Waals surface area contributed by atoms with Crippen molar-refractivity contribution in [1.29, 1.82) is 0 Å². The summed E-state index contributed by atoms with van der Waals surface area (Å²) in [4.78, 5) is 20.1. The molecule has 5 nitrogen and oxygen atoms in total. The van der Waals surface area contributed by atoms with Gasteiger partial charge in [-0.3, -0.25) is 9.79 Å². The third-order valence-electron chi connectivity index (χ3n) is 6.33. The third kappa shape index (κ3) is 4.64. The Kier molecular flexibility index (Phi) is 8.06. The van der Waals surface area contributed by atoms with Gasteiger partial charge in [-0.15, -0.1) is 6.07 Å². The molecule has 0 spiro atoms. The molecule has 0 saturated carbocycles. The molecule has 3 atom stereocenters. The van der Waals surface area contributed by atoms with Crippen molar-refractivity contribution in [3.63, 3.8) is 0 Å². The van der Waals surface area contributed by atoms with Gasteiger partial charge < -0.3 is 21.4 Å². The number of hydrogen-bond donors (Lipinski definition) is 1. The van der Waals surface area contributed by atoms with Crippen molar-refractivity contribution in [2.45, 2.75) is 52.4 Å². The molecule has 0 bridgehead atoms. The molecule has 1 N–H and O–H groups in total. The summed E-state index contributed by atoms with van der Waals surface area (Å²) in [5.41, 5.74) is 5.22. The van der Waals surface area contributed by atoms with Crippen LogP contribution in [-0.4, -0.2) is 35.9 Å². The number of fused-ring (bicyclic) bond motifs is 2. The molecule has 2 heterocycles. The van der Waals surface area contributed by atoms with Gasteiger partial charge in [-0.25, -0.2) is 0 Å². The van der Waals surface area contributed by atoms with Gasteiger partial charge in [0.1, 0.15) is 0 Å². The Bertz CT molecular complexity index is 975. The number of carbonyl (C=O) groups excluding carboxylic acids is 1. The van der Waals surface area contributed by atoms with Crippen molar-refractivity contribution in [3.8, 4) is 0 Å². The smallest absolute Gasteiger partial charge is 0.254 e. The fourth-order valence-corrected chi connectivity index (χ4v) is 4.30. The van der Waals surface area contributed by atoms with E-state index in [1.165, 1.54) is 0 Å². The second-order valence-electron chi connectivity index (χ2n) is 8.16. The van der Waals surface area contributed by atoms with Gasteiger partial charge in [0.25, 0.3) is 5.91 Å². The minimum absolute atomic E-state index is 0. The first-order valence-corrected chi connectivity index (χ1v) is 10.6. The largest absolute Gasteiger partial charge is 0.406 e. The number of carbonyl (C=O) groups is 1. The number of aliphatic imine (C=N–C) groups is 1. The molecule has 2 aliphatic rings. The molecule has 31 heavy (non-hydrogen) atoms. The summed E-state index contributed by atoms with van der Waals surface area (Å²) in [6.07, 6.45) is 3.97. The Balaban J connectivity index is 0.00000272. The van der Waals surface area contributed by atoms with Crippen molar-refractivity contribution < 1.29 is 42.2 Å². The Morgan fingerprint density at radius 3 is 2.81 bits per heavy atom. The first-order chi connectivity index (χ1) is 14.5. The van der Waals surface area contributed by atoms with Crippen LogP contribution < -0.4 is 5.32 Å². The topological polar surface area (TPSA) is 53.9 Å². The van der Waals surface area contributed by atoms with Crippen molar-refractivity contribution in [1.82, 2.24) is 4.90 Å². The maximum Gasteiger partial charge on any atom is 0.254 e. The van der Waals surface area contributed by atoms with Crippen LogP contribution in [0.15, 0.2) is 41.4 Å². The number of ether oxygens (including phenoxy) is 1. The molecule has 6 heteroatoms. The van der Waals surface area contributed by atoms with E-state index in [1.54, 1.807) is 7.11 Å². The van der Waals surface area contributed by atoms with Crippen LogP contribution in [0.4, 0.5) is 11.4 Å². The minimum Gasteiger partial charge on any atom is -0.406 e. The summed E-state index contributed by atoms with van der Waals surface area (Å²) in [6.45, 7) is 7.08. The maximum absolute atomic E-state index is 13.2. The van der Waals surface area contributed by atoms with Gasteiger partial charge in [-0.05, 0) is 35.8 Å². The number of nitrogens with one attached hydrogen (secondary N) is 1. The first-order valence-electron chi connectivity index (χ1n) is 10.6. The van der Waals surface area contributed by atoms with Crippen LogP contribution in [0.3, 0.4) is 0 Å². The van der Waals surface area contributed by atoms with Crippen molar-refractivity contribution in [2.75, 3.05) is 12.4 Å². The van der Waals surface area contributed by atoms with Gasteiger partial charge >= 0.3 is 0 Å². The third-order valence-corrected chi connectivity index (χ3v) is 6.33. The van der Waals surface area contributed by atoms with E-state index >= 15 is 0 Å². The van der Waals surface area contributed by atoms with E-state index < -0.39 is 0 Å². The van der Waals surface area contributed by atoms with Gasteiger partial charge in [0.15, 0.2) is 6.23 Å². The first kappa shape index (κ1) is 24.1. The van der Waals surface area contributed by atoms with E-state index in [0.717, 1.165) is 46.6 Å². The summed E-state index contributed by atoms with van der Waals surface area (Å²) in [6, 6.07) is 15.0. The average Bonchev–Trinajstić information content (AvgIpc) is 3.12. The zero-order valence-corrected chi connectivity index (χ0v) is 21.5. The Labute approximate surface area is 210 Å². The molecule has 2 aliphatic heterocycles. The number of hydrogen-bond acceptors (Lipinski definition) is 4. The molecule has 2 aromatic rings. The molecule has 2 aromatic carbocycles. The van der Waals surface area contributed by atoms with E-state index in [1.807, 2.05) is 41.3 Å². The molecule has 0 aliphatic carbocycles. The van der Waals surface area contributed by atoms with Crippen LogP contribution in [0.1, 0.15) is 55.1 Å². The Hall–Kier alpha value is -1.56. The van der Waals surface area contributed by atoms with Crippen LogP contribution in [-0.2, 0) is 44.0 Å². The van der Waals surface area contributed by atoms with Crippen molar-refractivity contribution in [3.05, 3.63) is 65.6 Å². The van der Waals surface area contributed by atoms with Crippen LogP contribution in [0.2, 0.25) is 0 Å². The number of methoxy groups -OCH3 is 1. The van der Waals surface area contributed by atoms with Crippen LogP contribution >= 0.6 is 0 Å². The number of amides is 1. The average molecular weight is 492 g/mol. The number of para-hydroxylation sites is 1. The van der Waals surface area contributed by atoms with Gasteiger partial charge in [0, 0.05) is 63.5 Å². The number of anilines is 1. The summed E-state index contributed by atoms with van der Waals surface area (Å²) < 4.78 is 5.70. The van der Waals surface area contributed by atoms with Gasteiger partial charge in [0.2, 0.25) is 0 Å². The molecule has 4 rings (SSSR count). The molecule has 0 aromatic heterocycles. The predicted molar refractivity (Wildman–Crippen MR) is 120 cm³/mol.